The first-order valence-electron chi connectivity index (χ1n) is 9.35. The standard InChI is InChI=1S/C22H12Cl2N6O/c23-17-6-5-14(9-18(17)24)30-21-16(10-26-30)22-27-20(28-29(22)11-25-21)15-7-12-3-1-2-4-13(12)8-19(15)31/h1-11,31H. The number of halogens is 2. The normalized spacial score (nSPS) is 11.7. The zero-order chi connectivity index (χ0) is 21.1. The minimum Gasteiger partial charge on any atom is -0.507 e. The van der Waals surface area contributed by atoms with Crippen LogP contribution in [0.15, 0.2) is 67.1 Å². The van der Waals surface area contributed by atoms with Crippen molar-refractivity contribution in [1.29, 1.82) is 0 Å². The maximum atomic E-state index is 10.6. The van der Waals surface area contributed by atoms with Crippen LogP contribution in [0.1, 0.15) is 0 Å². The highest BCUT2D eigenvalue weighted by Crippen LogP contribution is 2.33. The van der Waals surface area contributed by atoms with E-state index < -0.39 is 0 Å². The molecular weight excluding hydrogens is 435 g/mol. The van der Waals surface area contributed by atoms with E-state index in [9.17, 15) is 5.11 Å². The first kappa shape index (κ1) is 18.1. The molecule has 31 heavy (non-hydrogen) atoms. The third-order valence-corrected chi connectivity index (χ3v) is 5.90. The van der Waals surface area contributed by atoms with E-state index in [1.807, 2.05) is 36.4 Å². The molecule has 0 aliphatic rings. The predicted octanol–water partition coefficient (Wildman–Crippen LogP) is 5.30. The Balaban J connectivity index is 1.53. The van der Waals surface area contributed by atoms with Gasteiger partial charge in [-0.3, -0.25) is 0 Å². The number of benzene rings is 3. The molecule has 150 valence electrons. The van der Waals surface area contributed by atoms with E-state index in [0.29, 0.717) is 38.1 Å². The molecule has 0 atom stereocenters. The van der Waals surface area contributed by atoms with Crippen molar-refractivity contribution in [2.24, 2.45) is 0 Å². The second-order valence-electron chi connectivity index (χ2n) is 7.06. The van der Waals surface area contributed by atoms with Crippen LogP contribution in [0.4, 0.5) is 0 Å². The SMILES string of the molecule is Oc1cc2ccccc2cc1-c1nc2c3cnn(-c4ccc(Cl)c(Cl)c4)c3ncn2n1. The van der Waals surface area contributed by atoms with Crippen LogP contribution in [0, 0.1) is 0 Å². The molecule has 0 aliphatic heterocycles. The molecule has 3 aromatic carbocycles. The monoisotopic (exact) mass is 446 g/mol. The molecule has 0 unspecified atom stereocenters. The number of nitrogens with zero attached hydrogens (tertiary/aromatic N) is 6. The van der Waals surface area contributed by atoms with E-state index >= 15 is 0 Å². The molecule has 0 fully saturated rings. The van der Waals surface area contributed by atoms with Crippen molar-refractivity contribution in [2.75, 3.05) is 0 Å². The van der Waals surface area contributed by atoms with E-state index in [4.69, 9.17) is 23.2 Å². The smallest absolute Gasteiger partial charge is 0.185 e. The zero-order valence-electron chi connectivity index (χ0n) is 15.7. The Morgan fingerprint density at radius 1 is 0.871 bits per heavy atom. The van der Waals surface area contributed by atoms with Crippen molar-refractivity contribution in [3.05, 3.63) is 77.2 Å². The molecule has 0 bridgehead atoms. The van der Waals surface area contributed by atoms with Crippen LogP contribution in [-0.4, -0.2) is 34.5 Å². The van der Waals surface area contributed by atoms with Crippen LogP contribution in [0.25, 0.3) is 44.5 Å². The average molecular weight is 447 g/mol. The molecule has 0 amide bonds. The molecule has 6 aromatic rings. The van der Waals surface area contributed by atoms with Crippen LogP contribution >= 0.6 is 23.2 Å². The molecule has 1 N–H and O–H groups in total. The third-order valence-electron chi connectivity index (χ3n) is 5.16. The summed E-state index contributed by atoms with van der Waals surface area (Å²) in [7, 11) is 0. The van der Waals surface area contributed by atoms with E-state index in [1.54, 1.807) is 39.9 Å². The summed E-state index contributed by atoms with van der Waals surface area (Å²) in [5, 5.41) is 23.1. The Morgan fingerprint density at radius 3 is 2.48 bits per heavy atom. The summed E-state index contributed by atoms with van der Waals surface area (Å²) >= 11 is 12.2. The Labute approximate surface area is 185 Å². The fourth-order valence-electron chi connectivity index (χ4n) is 3.65. The van der Waals surface area contributed by atoms with Crippen molar-refractivity contribution < 1.29 is 5.11 Å². The third kappa shape index (κ3) is 2.82. The second kappa shape index (κ2) is 6.66. The van der Waals surface area contributed by atoms with Gasteiger partial charge in [0.15, 0.2) is 17.1 Å². The topological polar surface area (TPSA) is 81.1 Å². The van der Waals surface area contributed by atoms with Crippen LogP contribution in [-0.2, 0) is 0 Å². The average Bonchev–Trinajstić information content (AvgIpc) is 3.39. The first-order valence-corrected chi connectivity index (χ1v) is 10.1. The Bertz CT molecular complexity index is 1640. The van der Waals surface area contributed by atoms with Crippen molar-refractivity contribution in [3.8, 4) is 22.8 Å². The second-order valence-corrected chi connectivity index (χ2v) is 7.87. The van der Waals surface area contributed by atoms with Crippen LogP contribution in [0.2, 0.25) is 10.0 Å². The lowest BCUT2D eigenvalue weighted by molar-refractivity contribution is 0.477. The number of rotatable bonds is 2. The Morgan fingerprint density at radius 2 is 1.68 bits per heavy atom. The number of aromatic hydroxyl groups is 1. The van der Waals surface area contributed by atoms with Crippen molar-refractivity contribution in [2.45, 2.75) is 0 Å². The number of phenolic OH excluding ortho intramolecular Hbond substituents is 1. The minimum atomic E-state index is 0.116. The van der Waals surface area contributed by atoms with Gasteiger partial charge < -0.3 is 5.11 Å². The van der Waals surface area contributed by atoms with Gasteiger partial charge in [0, 0.05) is 0 Å². The summed E-state index contributed by atoms with van der Waals surface area (Å²) < 4.78 is 3.24. The fourth-order valence-corrected chi connectivity index (χ4v) is 3.94. The van der Waals surface area contributed by atoms with E-state index in [1.165, 1.54) is 0 Å². The largest absolute Gasteiger partial charge is 0.507 e. The molecule has 3 aromatic heterocycles. The van der Waals surface area contributed by atoms with Crippen LogP contribution in [0.5, 0.6) is 5.75 Å². The molecule has 6 rings (SSSR count). The summed E-state index contributed by atoms with van der Waals surface area (Å²) in [4.78, 5) is 9.17. The van der Waals surface area contributed by atoms with Gasteiger partial charge in [0.1, 0.15) is 12.1 Å². The lowest BCUT2D eigenvalue weighted by atomic mass is 10.1. The lowest BCUT2D eigenvalue weighted by Gasteiger charge is -2.04. The summed E-state index contributed by atoms with van der Waals surface area (Å²) in [5.41, 5.74) is 2.46. The summed E-state index contributed by atoms with van der Waals surface area (Å²) in [6.45, 7) is 0. The quantitative estimate of drug-likeness (QED) is 0.390. The van der Waals surface area contributed by atoms with Gasteiger partial charge in [-0.05, 0) is 41.1 Å². The van der Waals surface area contributed by atoms with Crippen LogP contribution < -0.4 is 0 Å². The maximum Gasteiger partial charge on any atom is 0.185 e. The number of phenols is 1. The van der Waals surface area contributed by atoms with Crippen molar-refractivity contribution >= 4 is 50.7 Å². The maximum absolute atomic E-state index is 10.6. The molecule has 0 radical (unpaired) electrons. The van der Waals surface area contributed by atoms with Crippen molar-refractivity contribution in [1.82, 2.24) is 29.4 Å². The summed E-state index contributed by atoms with van der Waals surface area (Å²) in [6, 6.07) is 16.7. The van der Waals surface area contributed by atoms with E-state index in [0.717, 1.165) is 16.5 Å². The van der Waals surface area contributed by atoms with Gasteiger partial charge in [0.05, 0.1) is 32.9 Å². The fraction of sp³-hybridized carbons (Fsp3) is 0. The minimum absolute atomic E-state index is 0.116. The molecule has 0 spiro atoms. The summed E-state index contributed by atoms with van der Waals surface area (Å²) in [5.74, 6) is 0.519. The highest BCUT2D eigenvalue weighted by molar-refractivity contribution is 6.42. The van der Waals surface area contributed by atoms with Gasteiger partial charge in [-0.2, -0.15) is 5.10 Å². The molecular formula is C22H12Cl2N6O. The number of hydrogen-bond acceptors (Lipinski definition) is 5. The lowest BCUT2D eigenvalue weighted by Crippen LogP contribution is -1.99. The number of hydrogen-bond donors (Lipinski definition) is 1. The van der Waals surface area contributed by atoms with Gasteiger partial charge in [-0.25, -0.2) is 19.2 Å². The Kier molecular flexibility index (Phi) is 3.89. The zero-order valence-corrected chi connectivity index (χ0v) is 17.2. The van der Waals surface area contributed by atoms with Gasteiger partial charge in [-0.15, -0.1) is 5.10 Å². The van der Waals surface area contributed by atoms with E-state index in [-0.39, 0.29) is 5.75 Å². The number of fused-ring (bicyclic) bond motifs is 4. The van der Waals surface area contributed by atoms with E-state index in [2.05, 4.69) is 20.2 Å². The Hall–Kier alpha value is -3.68. The molecule has 7 nitrogen and oxygen atoms in total. The van der Waals surface area contributed by atoms with Gasteiger partial charge in [-0.1, -0.05) is 47.5 Å². The molecule has 3 heterocycles. The summed E-state index contributed by atoms with van der Waals surface area (Å²) in [6.07, 6.45) is 3.25. The molecule has 9 heteroatoms. The highest BCUT2D eigenvalue weighted by atomic mass is 35.5. The number of aromatic nitrogens is 6. The predicted molar refractivity (Wildman–Crippen MR) is 120 cm³/mol. The van der Waals surface area contributed by atoms with Crippen LogP contribution in [0.3, 0.4) is 0 Å². The highest BCUT2D eigenvalue weighted by Gasteiger charge is 2.17. The van der Waals surface area contributed by atoms with Gasteiger partial charge >= 0.3 is 0 Å². The van der Waals surface area contributed by atoms with Crippen molar-refractivity contribution in [3.63, 3.8) is 0 Å². The van der Waals surface area contributed by atoms with Gasteiger partial charge in [0.2, 0.25) is 0 Å². The van der Waals surface area contributed by atoms with Gasteiger partial charge in [0.25, 0.3) is 0 Å². The molecule has 0 saturated heterocycles. The molecule has 0 saturated carbocycles. The first-order chi connectivity index (χ1) is 15.1. The molecule has 0 aliphatic carbocycles.